The molecule has 266 valence electrons. The molecule has 0 bridgehead atoms. The summed E-state index contributed by atoms with van der Waals surface area (Å²) >= 11 is 0. The van der Waals surface area contributed by atoms with Crippen LogP contribution in [0.2, 0.25) is 0 Å². The van der Waals surface area contributed by atoms with Crippen LogP contribution in [0, 0.1) is 12.8 Å². The number of nitrogens with one attached hydrogen (secondary N) is 1. The molecular weight excluding hydrogens is 643 g/mol. The Kier molecular flexibility index (Phi) is 17.3. The molecule has 1 N–H and O–H groups in total. The van der Waals surface area contributed by atoms with Gasteiger partial charge in [0.25, 0.3) is 5.89 Å². The monoisotopic (exact) mass is 699 g/mol. The summed E-state index contributed by atoms with van der Waals surface area (Å²) in [6, 6.07) is 6.59. The van der Waals surface area contributed by atoms with Crippen LogP contribution in [-0.4, -0.2) is 50.3 Å². The van der Waals surface area contributed by atoms with Crippen molar-refractivity contribution in [3.05, 3.63) is 107 Å². The van der Waals surface area contributed by atoms with E-state index in [1.54, 1.807) is 45.0 Å². The van der Waals surface area contributed by atoms with Crippen molar-refractivity contribution >= 4 is 25.2 Å². The van der Waals surface area contributed by atoms with Gasteiger partial charge in [0.2, 0.25) is 0 Å². The zero-order chi connectivity index (χ0) is 36.7. The van der Waals surface area contributed by atoms with Crippen molar-refractivity contribution in [3.8, 4) is 0 Å². The van der Waals surface area contributed by atoms with Crippen molar-refractivity contribution in [2.24, 2.45) is 5.92 Å². The lowest BCUT2D eigenvalue weighted by Crippen LogP contribution is -2.32. The van der Waals surface area contributed by atoms with Gasteiger partial charge in [-0.15, -0.1) is 0 Å². The van der Waals surface area contributed by atoms with Crippen molar-refractivity contribution in [3.63, 3.8) is 0 Å². The summed E-state index contributed by atoms with van der Waals surface area (Å²) in [5.41, 5.74) is 4.36. The van der Waals surface area contributed by atoms with E-state index in [4.69, 9.17) is 4.52 Å². The van der Waals surface area contributed by atoms with E-state index in [1.807, 2.05) is 66.0 Å². The molecular formula is C38H57N3O5S2. The third-order valence-corrected chi connectivity index (χ3v) is 11.1. The number of rotatable bonds is 14. The van der Waals surface area contributed by atoms with Crippen molar-refractivity contribution in [1.29, 1.82) is 0 Å². The average Bonchev–Trinajstić information content (AvgIpc) is 3.48. The summed E-state index contributed by atoms with van der Waals surface area (Å²) in [6.45, 7) is 21.7. The maximum Gasteiger partial charge on any atom is 0.258 e. The Balaban J connectivity index is 0.00000277. The molecule has 0 spiro atoms. The molecule has 8 nitrogen and oxygen atoms in total. The zero-order valence-corrected chi connectivity index (χ0v) is 32.4. The molecule has 3 rings (SSSR count). The van der Waals surface area contributed by atoms with Gasteiger partial charge in [0.1, 0.15) is 0 Å². The number of hydrogen-bond donors (Lipinski definition) is 1. The van der Waals surface area contributed by atoms with Gasteiger partial charge in [0, 0.05) is 18.1 Å². The summed E-state index contributed by atoms with van der Waals surface area (Å²) in [7, 11) is -6.56. The highest BCUT2D eigenvalue weighted by atomic mass is 32.2. The van der Waals surface area contributed by atoms with Gasteiger partial charge >= 0.3 is 0 Å². The molecule has 0 saturated heterocycles. The van der Waals surface area contributed by atoms with Crippen LogP contribution in [0.3, 0.4) is 0 Å². The molecule has 48 heavy (non-hydrogen) atoms. The Morgan fingerprint density at radius 2 is 1.73 bits per heavy atom. The summed E-state index contributed by atoms with van der Waals surface area (Å²) in [4.78, 5) is 4.67. The van der Waals surface area contributed by atoms with Crippen molar-refractivity contribution < 1.29 is 21.4 Å². The predicted molar refractivity (Wildman–Crippen MR) is 201 cm³/mol. The van der Waals surface area contributed by atoms with E-state index in [9.17, 15) is 16.8 Å². The van der Waals surface area contributed by atoms with Gasteiger partial charge in [-0.05, 0) is 100 Å². The maximum absolute atomic E-state index is 12.3. The molecule has 0 fully saturated rings. The first-order valence-electron chi connectivity index (χ1n) is 16.7. The first-order chi connectivity index (χ1) is 22.5. The predicted octanol–water partition coefficient (Wildman–Crippen LogP) is 8.76. The summed E-state index contributed by atoms with van der Waals surface area (Å²) in [5, 5.41) is 7.43. The number of allylic oxidation sites excluding steroid dienone is 7. The van der Waals surface area contributed by atoms with E-state index in [0.717, 1.165) is 41.5 Å². The van der Waals surface area contributed by atoms with E-state index in [1.165, 1.54) is 12.5 Å². The minimum absolute atomic E-state index is 0.0614. The van der Waals surface area contributed by atoms with Gasteiger partial charge in [0.15, 0.2) is 25.5 Å². The van der Waals surface area contributed by atoms with Gasteiger partial charge < -0.3 is 9.84 Å². The van der Waals surface area contributed by atoms with Crippen LogP contribution in [0.4, 0.5) is 0 Å². The Hall–Kier alpha value is -3.50. The Morgan fingerprint density at radius 3 is 2.23 bits per heavy atom. The first kappa shape index (κ1) is 42.5. The fraction of sp³-hybridized carbons (Fsp3) is 0.474. The first-order valence-corrected chi connectivity index (χ1v) is 20.5. The van der Waals surface area contributed by atoms with E-state index in [-0.39, 0.29) is 16.9 Å². The molecule has 1 aromatic carbocycles. The van der Waals surface area contributed by atoms with Crippen molar-refractivity contribution in [1.82, 2.24) is 15.5 Å². The SMILES string of the molecule is C=C(/C=C(\CC)CC(C)(C)S(C)(=O)=O)C(CC1C=C(/C=C(\c2ccc(S(C)(=O)=O)cc2)c2nc(C)no2)C=CC1)N/C=C\C.CC.CC. The van der Waals surface area contributed by atoms with Crippen molar-refractivity contribution in [2.75, 3.05) is 12.5 Å². The van der Waals surface area contributed by atoms with Gasteiger partial charge in [-0.2, -0.15) is 4.98 Å². The second-order valence-corrected chi connectivity index (χ2v) is 16.6. The summed E-state index contributed by atoms with van der Waals surface area (Å²) in [6.07, 6.45) is 19.6. The Labute approximate surface area is 290 Å². The van der Waals surface area contributed by atoms with Crippen LogP contribution in [0.15, 0.2) is 99.6 Å². The highest BCUT2D eigenvalue weighted by Gasteiger charge is 2.31. The quantitative estimate of drug-likeness (QED) is 0.195. The number of nitrogens with zero attached hydrogens (tertiary/aromatic N) is 2. The van der Waals surface area contributed by atoms with Gasteiger partial charge in [-0.3, -0.25) is 0 Å². The van der Waals surface area contributed by atoms with Crippen LogP contribution >= 0.6 is 0 Å². The molecule has 0 amide bonds. The zero-order valence-electron chi connectivity index (χ0n) is 30.8. The smallest absolute Gasteiger partial charge is 0.258 e. The number of aryl methyl sites for hydroxylation is 1. The van der Waals surface area contributed by atoms with Gasteiger partial charge in [-0.1, -0.05) is 94.4 Å². The normalized spacial score (nSPS) is 16.3. The molecule has 2 atom stereocenters. The Bertz CT molecular complexity index is 1710. The van der Waals surface area contributed by atoms with Crippen molar-refractivity contribution in [2.45, 2.75) is 104 Å². The van der Waals surface area contributed by atoms with E-state index in [0.29, 0.717) is 23.7 Å². The van der Waals surface area contributed by atoms with Gasteiger partial charge in [0.05, 0.1) is 15.7 Å². The molecule has 10 heteroatoms. The van der Waals surface area contributed by atoms with Gasteiger partial charge in [-0.25, -0.2) is 16.8 Å². The molecule has 0 aliphatic heterocycles. The second kappa shape index (κ2) is 19.5. The molecule has 1 aromatic heterocycles. The van der Waals surface area contributed by atoms with Crippen LogP contribution in [0.25, 0.3) is 5.57 Å². The highest BCUT2D eigenvalue weighted by Crippen LogP contribution is 2.31. The van der Waals surface area contributed by atoms with Crippen LogP contribution in [0.5, 0.6) is 0 Å². The molecule has 2 unspecified atom stereocenters. The topological polar surface area (TPSA) is 119 Å². The fourth-order valence-electron chi connectivity index (χ4n) is 4.92. The molecule has 2 aromatic rings. The standard InChI is InChI=1S/C34H45N3O5S2.2C2H6/c1-9-18-35-32(24(3)19-26(10-2)23-34(5,6)44(8,40)41)22-28-13-11-12-27(20-28)21-31(33-36-25(4)37-42-33)29-14-16-30(17-15-29)43(7,38)39;2*1-2/h9,11-12,14-21,28,32,35H,3,10,13,22-23H2,1-2,4-8H3;2*1-2H3/b18-9-,26-19+,31-21+;;. The lowest BCUT2D eigenvalue weighted by Gasteiger charge is -2.26. The maximum atomic E-state index is 12.3. The molecule has 0 saturated carbocycles. The third kappa shape index (κ3) is 12.8. The number of benzene rings is 1. The third-order valence-electron chi connectivity index (χ3n) is 7.79. The number of sulfone groups is 2. The number of hydrogen-bond acceptors (Lipinski definition) is 8. The lowest BCUT2D eigenvalue weighted by molar-refractivity contribution is 0.403. The minimum atomic E-state index is -3.33. The van der Waals surface area contributed by atoms with E-state index >= 15 is 0 Å². The van der Waals surface area contributed by atoms with Crippen LogP contribution in [-0.2, 0) is 19.7 Å². The van der Waals surface area contributed by atoms with Crippen LogP contribution < -0.4 is 5.32 Å². The van der Waals surface area contributed by atoms with E-state index < -0.39 is 24.4 Å². The second-order valence-electron chi connectivity index (χ2n) is 12.0. The summed E-state index contributed by atoms with van der Waals surface area (Å²) in [5.74, 6) is 1.04. The number of aromatic nitrogens is 2. The highest BCUT2D eigenvalue weighted by molar-refractivity contribution is 7.92. The Morgan fingerprint density at radius 1 is 1.10 bits per heavy atom. The van der Waals surface area contributed by atoms with E-state index in [2.05, 4.69) is 40.3 Å². The molecule has 1 heterocycles. The minimum Gasteiger partial charge on any atom is -0.384 e. The molecule has 1 aliphatic rings. The largest absolute Gasteiger partial charge is 0.384 e. The molecule has 1 aliphatic carbocycles. The fourth-order valence-corrected chi connectivity index (χ4v) is 6.00. The lowest BCUT2D eigenvalue weighted by atomic mass is 9.86. The summed E-state index contributed by atoms with van der Waals surface area (Å²) < 4.78 is 53.4. The van der Waals surface area contributed by atoms with Crippen LogP contribution in [0.1, 0.15) is 98.4 Å². The average molecular weight is 700 g/mol. The molecule has 0 radical (unpaired) electrons.